The molecule has 16 heavy (non-hydrogen) atoms. The molecule has 0 saturated carbocycles. The molecule has 0 fully saturated rings. The van der Waals surface area contributed by atoms with Crippen molar-refractivity contribution < 1.29 is 9.31 Å². The molecule has 1 aromatic heterocycles. The van der Waals surface area contributed by atoms with Crippen LogP contribution in [0.4, 0.5) is 10.2 Å². The lowest BCUT2D eigenvalue weighted by atomic mass is 10.1. The van der Waals surface area contributed by atoms with Gasteiger partial charge in [0.15, 0.2) is 0 Å². The standard InChI is InChI=1S/C11H7FN2O2/c12-9-4-1-3-8(7-9)10-5-2-6-13-11(10)14(15)16/h1-7H. The molecule has 2 rings (SSSR count). The first-order chi connectivity index (χ1) is 7.68. The molecule has 0 aliphatic carbocycles. The summed E-state index contributed by atoms with van der Waals surface area (Å²) >= 11 is 0. The number of hydrogen-bond donors (Lipinski definition) is 0. The Morgan fingerprint density at radius 3 is 2.75 bits per heavy atom. The monoisotopic (exact) mass is 218 g/mol. The maximum absolute atomic E-state index is 13.0. The van der Waals surface area contributed by atoms with Gasteiger partial charge in [0.05, 0.1) is 5.56 Å². The van der Waals surface area contributed by atoms with Crippen LogP contribution in [0.15, 0.2) is 42.6 Å². The highest BCUT2D eigenvalue weighted by molar-refractivity contribution is 5.70. The van der Waals surface area contributed by atoms with E-state index in [0.717, 1.165) is 0 Å². The van der Waals surface area contributed by atoms with Crippen LogP contribution in [0.3, 0.4) is 0 Å². The molecule has 0 N–H and O–H groups in total. The maximum atomic E-state index is 13.0. The summed E-state index contributed by atoms with van der Waals surface area (Å²) in [4.78, 5) is 13.8. The molecule has 0 saturated heterocycles. The van der Waals surface area contributed by atoms with Crippen LogP contribution in [-0.2, 0) is 0 Å². The fraction of sp³-hybridized carbons (Fsp3) is 0. The summed E-state index contributed by atoms with van der Waals surface area (Å²) in [5, 5.41) is 10.7. The SMILES string of the molecule is O=[N+]([O-])c1ncccc1-c1cccc(F)c1. The van der Waals surface area contributed by atoms with Gasteiger partial charge in [0, 0.05) is 0 Å². The van der Waals surface area contributed by atoms with Crippen molar-refractivity contribution in [2.45, 2.75) is 0 Å². The molecule has 0 unspecified atom stereocenters. The minimum atomic E-state index is -0.583. The maximum Gasteiger partial charge on any atom is 0.371 e. The van der Waals surface area contributed by atoms with E-state index in [1.54, 1.807) is 18.2 Å². The van der Waals surface area contributed by atoms with Gasteiger partial charge in [-0.2, -0.15) is 0 Å². The van der Waals surface area contributed by atoms with Crippen molar-refractivity contribution in [1.82, 2.24) is 4.98 Å². The molecule has 0 amide bonds. The van der Waals surface area contributed by atoms with Crippen molar-refractivity contribution in [2.24, 2.45) is 0 Å². The molecule has 0 atom stereocenters. The zero-order valence-corrected chi connectivity index (χ0v) is 8.13. The van der Waals surface area contributed by atoms with E-state index >= 15 is 0 Å². The summed E-state index contributed by atoms with van der Waals surface area (Å²) in [6.07, 6.45) is 1.33. The fourth-order valence-corrected chi connectivity index (χ4v) is 1.42. The Morgan fingerprint density at radius 1 is 1.25 bits per heavy atom. The number of nitrogens with zero attached hydrogens (tertiary/aromatic N) is 2. The highest BCUT2D eigenvalue weighted by Crippen LogP contribution is 2.27. The Morgan fingerprint density at radius 2 is 2.06 bits per heavy atom. The molecule has 0 radical (unpaired) electrons. The predicted molar refractivity (Wildman–Crippen MR) is 56.3 cm³/mol. The largest absolute Gasteiger partial charge is 0.371 e. The lowest BCUT2D eigenvalue weighted by Gasteiger charge is -2.01. The van der Waals surface area contributed by atoms with Crippen LogP contribution in [0.25, 0.3) is 11.1 Å². The van der Waals surface area contributed by atoms with E-state index in [0.29, 0.717) is 11.1 Å². The second kappa shape index (κ2) is 4.06. The Balaban J connectivity index is 2.60. The average molecular weight is 218 g/mol. The van der Waals surface area contributed by atoms with Gasteiger partial charge in [0.1, 0.15) is 12.0 Å². The number of benzene rings is 1. The van der Waals surface area contributed by atoms with E-state index in [-0.39, 0.29) is 5.82 Å². The molecule has 0 bridgehead atoms. The van der Waals surface area contributed by atoms with E-state index in [4.69, 9.17) is 0 Å². The van der Waals surface area contributed by atoms with Crippen LogP contribution in [0, 0.1) is 15.9 Å². The normalized spacial score (nSPS) is 10.1. The summed E-state index contributed by atoms with van der Waals surface area (Å²) in [6, 6.07) is 8.75. The van der Waals surface area contributed by atoms with Gasteiger partial charge in [0.25, 0.3) is 0 Å². The van der Waals surface area contributed by atoms with Crippen LogP contribution < -0.4 is 0 Å². The molecule has 1 aromatic carbocycles. The van der Waals surface area contributed by atoms with Gasteiger partial charge in [-0.15, -0.1) is 0 Å². The lowest BCUT2D eigenvalue weighted by molar-refractivity contribution is -0.388. The van der Waals surface area contributed by atoms with Gasteiger partial charge in [0.2, 0.25) is 0 Å². The second-order valence-electron chi connectivity index (χ2n) is 3.14. The quantitative estimate of drug-likeness (QED) is 0.575. The van der Waals surface area contributed by atoms with Crippen LogP contribution >= 0.6 is 0 Å². The summed E-state index contributed by atoms with van der Waals surface area (Å²) in [5.74, 6) is -0.705. The van der Waals surface area contributed by atoms with Gasteiger partial charge in [-0.3, -0.25) is 0 Å². The minimum Gasteiger partial charge on any atom is -0.358 e. The molecule has 0 aliphatic rings. The van der Waals surface area contributed by atoms with Gasteiger partial charge in [-0.1, -0.05) is 12.1 Å². The van der Waals surface area contributed by atoms with Crippen molar-refractivity contribution >= 4 is 5.82 Å². The van der Waals surface area contributed by atoms with E-state index in [1.165, 1.54) is 24.4 Å². The average Bonchev–Trinajstić information content (AvgIpc) is 2.29. The topological polar surface area (TPSA) is 56.0 Å². The zero-order valence-electron chi connectivity index (χ0n) is 8.13. The molecule has 5 heteroatoms. The van der Waals surface area contributed by atoms with Crippen LogP contribution in [0.2, 0.25) is 0 Å². The van der Waals surface area contributed by atoms with Crippen LogP contribution in [-0.4, -0.2) is 9.91 Å². The third-order valence-corrected chi connectivity index (χ3v) is 2.10. The van der Waals surface area contributed by atoms with E-state index in [2.05, 4.69) is 4.98 Å². The number of pyridine rings is 1. The number of nitro groups is 1. The van der Waals surface area contributed by atoms with Crippen molar-refractivity contribution in [2.75, 3.05) is 0 Å². The van der Waals surface area contributed by atoms with Crippen LogP contribution in [0.1, 0.15) is 0 Å². The van der Waals surface area contributed by atoms with Gasteiger partial charge < -0.3 is 10.1 Å². The molecule has 0 spiro atoms. The summed E-state index contributed by atoms with van der Waals surface area (Å²) < 4.78 is 13.0. The Kier molecular flexibility index (Phi) is 2.59. The molecule has 4 nitrogen and oxygen atoms in total. The van der Waals surface area contributed by atoms with Crippen molar-refractivity contribution in [3.05, 3.63) is 58.5 Å². The third-order valence-electron chi connectivity index (χ3n) is 2.10. The molecular formula is C11H7FN2O2. The summed E-state index contributed by atoms with van der Waals surface area (Å²) in [6.45, 7) is 0. The van der Waals surface area contributed by atoms with Gasteiger partial charge >= 0.3 is 5.82 Å². The smallest absolute Gasteiger partial charge is 0.358 e. The Hall–Kier alpha value is -2.30. The lowest BCUT2D eigenvalue weighted by Crippen LogP contribution is -1.94. The van der Waals surface area contributed by atoms with E-state index in [1.807, 2.05) is 0 Å². The Labute approximate surface area is 90.5 Å². The van der Waals surface area contributed by atoms with E-state index in [9.17, 15) is 14.5 Å². The number of halogens is 1. The molecule has 2 aromatic rings. The van der Waals surface area contributed by atoms with E-state index < -0.39 is 10.7 Å². The fourth-order valence-electron chi connectivity index (χ4n) is 1.42. The molecule has 80 valence electrons. The highest BCUT2D eigenvalue weighted by atomic mass is 19.1. The van der Waals surface area contributed by atoms with Crippen molar-refractivity contribution in [3.63, 3.8) is 0 Å². The summed E-state index contributed by atoms with van der Waals surface area (Å²) in [7, 11) is 0. The molecule has 0 aliphatic heterocycles. The first-order valence-corrected chi connectivity index (χ1v) is 4.54. The second-order valence-corrected chi connectivity index (χ2v) is 3.14. The first-order valence-electron chi connectivity index (χ1n) is 4.54. The van der Waals surface area contributed by atoms with Crippen LogP contribution in [0.5, 0.6) is 0 Å². The Bertz CT molecular complexity index is 543. The third kappa shape index (κ3) is 1.88. The predicted octanol–water partition coefficient (Wildman–Crippen LogP) is 2.80. The number of hydrogen-bond acceptors (Lipinski definition) is 3. The molecule has 1 heterocycles. The number of rotatable bonds is 2. The summed E-state index contributed by atoms with van der Waals surface area (Å²) in [5.41, 5.74) is 0.756. The van der Waals surface area contributed by atoms with Crippen molar-refractivity contribution in [3.8, 4) is 11.1 Å². The zero-order chi connectivity index (χ0) is 11.5. The highest BCUT2D eigenvalue weighted by Gasteiger charge is 2.15. The first kappa shape index (κ1) is 10.2. The van der Waals surface area contributed by atoms with Gasteiger partial charge in [-0.25, -0.2) is 4.39 Å². The van der Waals surface area contributed by atoms with Crippen molar-refractivity contribution in [1.29, 1.82) is 0 Å². The number of aromatic nitrogens is 1. The minimum absolute atomic E-state index is 0.270. The molecular weight excluding hydrogens is 211 g/mol. The van der Waals surface area contributed by atoms with Gasteiger partial charge in [-0.05, 0) is 39.7 Å².